The van der Waals surface area contributed by atoms with Gasteiger partial charge in [-0.3, -0.25) is 0 Å². The lowest BCUT2D eigenvalue weighted by molar-refractivity contribution is 0.106. The lowest BCUT2D eigenvalue weighted by Gasteiger charge is -2.17. The zero-order valence-corrected chi connectivity index (χ0v) is 7.95. The Kier molecular flexibility index (Phi) is 4.33. The molecule has 0 aromatic carbocycles. The molecule has 0 aromatic heterocycles. The van der Waals surface area contributed by atoms with Crippen LogP contribution in [0.3, 0.4) is 0 Å². The second-order valence-electron chi connectivity index (χ2n) is 3.22. The van der Waals surface area contributed by atoms with Crippen molar-refractivity contribution in [2.24, 2.45) is 0 Å². The predicted octanol–water partition coefficient (Wildman–Crippen LogP) is 2.15. The van der Waals surface area contributed by atoms with Crippen LogP contribution in [0.2, 0.25) is 0 Å². The fourth-order valence-electron chi connectivity index (χ4n) is 1.52. The monoisotopic (exact) mass is 170 g/mol. The van der Waals surface area contributed by atoms with Crippen molar-refractivity contribution in [3.05, 3.63) is 12.2 Å². The summed E-state index contributed by atoms with van der Waals surface area (Å²) in [5.74, 6) is 0. The highest BCUT2D eigenvalue weighted by molar-refractivity contribution is 4.96. The van der Waals surface area contributed by atoms with Crippen LogP contribution >= 0.6 is 0 Å². The minimum Gasteiger partial charge on any atom is -0.377 e. The molecule has 0 heterocycles. The smallest absolute Gasteiger partial charge is 0.0752 e. The van der Waals surface area contributed by atoms with E-state index in [-0.39, 0.29) is 0 Å². The van der Waals surface area contributed by atoms with Crippen molar-refractivity contribution in [3.63, 3.8) is 0 Å². The van der Waals surface area contributed by atoms with Gasteiger partial charge in [0.1, 0.15) is 0 Å². The van der Waals surface area contributed by atoms with E-state index in [0.717, 1.165) is 12.8 Å². The Hall–Kier alpha value is -0.340. The number of hydrogen-bond donors (Lipinski definition) is 0. The van der Waals surface area contributed by atoms with Gasteiger partial charge in [-0.1, -0.05) is 25.0 Å². The van der Waals surface area contributed by atoms with Gasteiger partial charge >= 0.3 is 0 Å². The summed E-state index contributed by atoms with van der Waals surface area (Å²) in [4.78, 5) is 0. The fraction of sp³-hybridized carbons (Fsp3) is 0.800. The summed E-state index contributed by atoms with van der Waals surface area (Å²) in [6, 6.07) is 0. The third kappa shape index (κ3) is 2.95. The molecule has 0 N–H and O–H groups in total. The minimum atomic E-state index is 0.294. The number of hydrogen-bond acceptors (Lipinski definition) is 2. The van der Waals surface area contributed by atoms with Gasteiger partial charge in [-0.25, -0.2) is 0 Å². The molecule has 0 aliphatic heterocycles. The van der Waals surface area contributed by atoms with Crippen LogP contribution in [0.5, 0.6) is 0 Å². The molecule has 2 nitrogen and oxygen atoms in total. The number of ether oxygens (including phenoxy) is 2. The van der Waals surface area contributed by atoms with Gasteiger partial charge in [0.25, 0.3) is 0 Å². The molecule has 0 aromatic rings. The first kappa shape index (κ1) is 9.75. The van der Waals surface area contributed by atoms with Crippen molar-refractivity contribution < 1.29 is 9.47 Å². The molecule has 1 aliphatic rings. The Morgan fingerprint density at radius 3 is 1.67 bits per heavy atom. The summed E-state index contributed by atoms with van der Waals surface area (Å²) in [6.07, 6.45) is 9.59. The zero-order chi connectivity index (χ0) is 8.81. The van der Waals surface area contributed by atoms with Crippen LogP contribution in [-0.2, 0) is 9.47 Å². The maximum Gasteiger partial charge on any atom is 0.0752 e. The highest BCUT2D eigenvalue weighted by Gasteiger charge is 2.10. The minimum absolute atomic E-state index is 0.294. The van der Waals surface area contributed by atoms with Crippen molar-refractivity contribution in [2.45, 2.75) is 37.9 Å². The van der Waals surface area contributed by atoms with Crippen LogP contribution in [0.15, 0.2) is 12.2 Å². The third-order valence-electron chi connectivity index (χ3n) is 2.37. The van der Waals surface area contributed by atoms with Crippen molar-refractivity contribution >= 4 is 0 Å². The average Bonchev–Trinajstić information content (AvgIpc) is 2.05. The summed E-state index contributed by atoms with van der Waals surface area (Å²) in [7, 11) is 3.52. The molecule has 0 saturated heterocycles. The predicted molar refractivity (Wildman–Crippen MR) is 49.2 cm³/mol. The van der Waals surface area contributed by atoms with E-state index in [2.05, 4.69) is 12.2 Å². The molecule has 0 amide bonds. The largest absolute Gasteiger partial charge is 0.377 e. The fourth-order valence-corrected chi connectivity index (χ4v) is 1.52. The average molecular weight is 170 g/mol. The van der Waals surface area contributed by atoms with Gasteiger partial charge in [0, 0.05) is 14.2 Å². The Morgan fingerprint density at radius 1 is 0.917 bits per heavy atom. The maximum atomic E-state index is 5.28. The Bertz CT molecular complexity index is 127. The van der Waals surface area contributed by atoms with Gasteiger partial charge in [-0.15, -0.1) is 0 Å². The first-order chi connectivity index (χ1) is 5.86. The Morgan fingerprint density at radius 2 is 1.33 bits per heavy atom. The van der Waals surface area contributed by atoms with E-state index in [1.54, 1.807) is 14.2 Å². The third-order valence-corrected chi connectivity index (χ3v) is 2.37. The van der Waals surface area contributed by atoms with E-state index >= 15 is 0 Å². The summed E-state index contributed by atoms with van der Waals surface area (Å²) >= 11 is 0. The molecule has 0 saturated carbocycles. The second kappa shape index (κ2) is 5.33. The van der Waals surface area contributed by atoms with Crippen LogP contribution in [0, 0.1) is 0 Å². The van der Waals surface area contributed by atoms with Crippen molar-refractivity contribution in [1.29, 1.82) is 0 Å². The van der Waals surface area contributed by atoms with E-state index in [9.17, 15) is 0 Å². The molecule has 2 atom stereocenters. The number of methoxy groups -OCH3 is 2. The first-order valence-electron chi connectivity index (χ1n) is 4.60. The zero-order valence-electron chi connectivity index (χ0n) is 7.95. The molecule has 1 rings (SSSR count). The second-order valence-corrected chi connectivity index (χ2v) is 3.22. The van der Waals surface area contributed by atoms with Crippen molar-refractivity contribution in [3.8, 4) is 0 Å². The molecule has 0 fully saturated rings. The molecule has 2 heteroatoms. The Labute approximate surface area is 74.6 Å². The normalized spacial score (nSPS) is 33.8. The van der Waals surface area contributed by atoms with E-state index in [1.807, 2.05) is 0 Å². The highest BCUT2D eigenvalue weighted by atomic mass is 16.5. The summed E-state index contributed by atoms with van der Waals surface area (Å²) in [5.41, 5.74) is 0. The molecular weight excluding hydrogens is 152 g/mol. The van der Waals surface area contributed by atoms with Crippen molar-refractivity contribution in [1.82, 2.24) is 0 Å². The lowest BCUT2D eigenvalue weighted by Crippen LogP contribution is -2.14. The van der Waals surface area contributed by atoms with E-state index in [0.29, 0.717) is 12.2 Å². The summed E-state index contributed by atoms with van der Waals surface area (Å²) < 4.78 is 10.6. The quantitative estimate of drug-likeness (QED) is 0.591. The van der Waals surface area contributed by atoms with E-state index < -0.39 is 0 Å². The SMILES string of the molecule is CO[C@@H]1/C=C\[C@@H](OC)CCCC1. The van der Waals surface area contributed by atoms with Gasteiger partial charge in [0.2, 0.25) is 0 Å². The highest BCUT2D eigenvalue weighted by Crippen LogP contribution is 2.15. The molecule has 1 aliphatic carbocycles. The molecule has 0 unspecified atom stereocenters. The molecule has 0 radical (unpaired) electrons. The number of rotatable bonds is 2. The molecule has 0 spiro atoms. The van der Waals surface area contributed by atoms with Crippen LogP contribution in [-0.4, -0.2) is 26.4 Å². The van der Waals surface area contributed by atoms with Gasteiger partial charge < -0.3 is 9.47 Å². The van der Waals surface area contributed by atoms with Crippen molar-refractivity contribution in [2.75, 3.05) is 14.2 Å². The van der Waals surface area contributed by atoms with Crippen LogP contribution < -0.4 is 0 Å². The topological polar surface area (TPSA) is 18.5 Å². The molecule has 0 bridgehead atoms. The molecule has 70 valence electrons. The van der Waals surface area contributed by atoms with Gasteiger partial charge in [0.05, 0.1) is 12.2 Å². The van der Waals surface area contributed by atoms with E-state index in [4.69, 9.17) is 9.47 Å². The maximum absolute atomic E-state index is 5.28. The first-order valence-corrected chi connectivity index (χ1v) is 4.60. The lowest BCUT2D eigenvalue weighted by atomic mass is 10.0. The van der Waals surface area contributed by atoms with Crippen LogP contribution in [0.1, 0.15) is 25.7 Å². The van der Waals surface area contributed by atoms with Crippen LogP contribution in [0.25, 0.3) is 0 Å². The van der Waals surface area contributed by atoms with E-state index in [1.165, 1.54) is 12.8 Å². The Balaban J connectivity index is 2.45. The van der Waals surface area contributed by atoms with Gasteiger partial charge in [-0.05, 0) is 12.8 Å². The molecular formula is C10H18O2. The standard InChI is InChI=1S/C10H18O2/c1-11-9-5-3-4-6-10(12-2)8-7-9/h7-10H,3-6H2,1-2H3/b8-7-/t9-,10-/m0/s1. The van der Waals surface area contributed by atoms with Gasteiger partial charge in [-0.2, -0.15) is 0 Å². The summed E-state index contributed by atoms with van der Waals surface area (Å²) in [5, 5.41) is 0. The summed E-state index contributed by atoms with van der Waals surface area (Å²) in [6.45, 7) is 0. The molecule has 12 heavy (non-hydrogen) atoms. The van der Waals surface area contributed by atoms with Crippen LogP contribution in [0.4, 0.5) is 0 Å². The van der Waals surface area contributed by atoms with Gasteiger partial charge in [0.15, 0.2) is 0 Å².